The van der Waals surface area contributed by atoms with Crippen LogP contribution in [0.5, 0.6) is 11.5 Å². The smallest absolute Gasteiger partial charge is 0.271 e. The fraction of sp³-hybridized carbons (Fsp3) is 0.0667. The summed E-state index contributed by atoms with van der Waals surface area (Å²) in [6, 6.07) is 10.1. The summed E-state index contributed by atoms with van der Waals surface area (Å²) in [5, 5.41) is 13.5. The maximum Gasteiger partial charge on any atom is 0.271 e. The van der Waals surface area contributed by atoms with Crippen molar-refractivity contribution in [2.24, 2.45) is 5.10 Å². The summed E-state index contributed by atoms with van der Waals surface area (Å²) in [5.74, 6) is 0.347. The van der Waals surface area contributed by atoms with E-state index in [4.69, 9.17) is 4.74 Å². The highest BCUT2D eigenvalue weighted by Crippen LogP contribution is 2.22. The van der Waals surface area contributed by atoms with E-state index in [0.29, 0.717) is 16.9 Å². The van der Waals surface area contributed by atoms with Crippen LogP contribution >= 0.6 is 38.5 Å². The summed E-state index contributed by atoms with van der Waals surface area (Å²) in [5.41, 5.74) is 3.34. The molecule has 114 valence electrons. The van der Waals surface area contributed by atoms with Crippen LogP contribution in [0.1, 0.15) is 15.9 Å². The third-order valence-corrected chi connectivity index (χ3v) is 4.16. The van der Waals surface area contributed by atoms with Crippen LogP contribution < -0.4 is 10.2 Å². The van der Waals surface area contributed by atoms with Crippen LogP contribution in [-0.2, 0) is 0 Å². The predicted molar refractivity (Wildman–Crippen MR) is 96.6 cm³/mol. The van der Waals surface area contributed by atoms with Crippen molar-refractivity contribution in [1.29, 1.82) is 0 Å². The van der Waals surface area contributed by atoms with Crippen LogP contribution in [-0.4, -0.2) is 24.3 Å². The van der Waals surface area contributed by atoms with E-state index in [1.165, 1.54) is 12.3 Å². The number of nitrogens with one attached hydrogen (secondary N) is 1. The van der Waals surface area contributed by atoms with Crippen LogP contribution in [0.2, 0.25) is 0 Å². The van der Waals surface area contributed by atoms with Gasteiger partial charge < -0.3 is 9.84 Å². The molecule has 0 saturated heterocycles. The number of methoxy groups -OCH3 is 1. The minimum absolute atomic E-state index is 0.0807. The maximum atomic E-state index is 12.0. The molecule has 0 fully saturated rings. The Kier molecular flexibility index (Phi) is 5.78. The van der Waals surface area contributed by atoms with Gasteiger partial charge in [0, 0.05) is 15.6 Å². The monoisotopic (exact) mass is 474 g/mol. The van der Waals surface area contributed by atoms with E-state index >= 15 is 0 Å². The molecule has 0 aromatic heterocycles. The van der Waals surface area contributed by atoms with Crippen LogP contribution in [0, 0.1) is 3.57 Å². The van der Waals surface area contributed by atoms with Crippen molar-refractivity contribution < 1.29 is 14.6 Å². The van der Waals surface area contributed by atoms with Gasteiger partial charge in [-0.15, -0.1) is 0 Å². The van der Waals surface area contributed by atoms with E-state index in [2.05, 4.69) is 49.0 Å². The largest absolute Gasteiger partial charge is 0.507 e. The SMILES string of the molecule is COc1cc(C(=O)N/N=C\c2cc(Br)ccc2O)ccc1I. The van der Waals surface area contributed by atoms with E-state index in [1.807, 2.05) is 0 Å². The van der Waals surface area contributed by atoms with Gasteiger partial charge in [-0.05, 0) is 59.0 Å². The number of nitrogens with zero attached hydrogens (tertiary/aromatic N) is 1. The van der Waals surface area contributed by atoms with E-state index < -0.39 is 0 Å². The molecule has 0 unspecified atom stereocenters. The standard InChI is InChI=1S/C15H12BrIN2O3/c1-22-14-7-9(2-4-12(14)17)15(21)19-18-8-10-6-11(16)3-5-13(10)20/h2-8,20H,1H3,(H,19,21)/b18-8-. The van der Waals surface area contributed by atoms with Gasteiger partial charge in [0.1, 0.15) is 11.5 Å². The quantitative estimate of drug-likeness (QED) is 0.404. The van der Waals surface area contributed by atoms with E-state index in [1.54, 1.807) is 37.4 Å². The van der Waals surface area contributed by atoms with Gasteiger partial charge in [-0.2, -0.15) is 5.10 Å². The van der Waals surface area contributed by atoms with Gasteiger partial charge in [0.15, 0.2) is 0 Å². The van der Waals surface area contributed by atoms with Crippen molar-refractivity contribution in [2.45, 2.75) is 0 Å². The van der Waals surface area contributed by atoms with Gasteiger partial charge in [-0.3, -0.25) is 4.79 Å². The number of aromatic hydroxyl groups is 1. The second-order valence-electron chi connectivity index (χ2n) is 4.25. The molecular formula is C15H12BrIN2O3. The Hall–Kier alpha value is -1.61. The fourth-order valence-corrected chi connectivity index (χ4v) is 2.59. The molecule has 2 N–H and O–H groups in total. The number of benzene rings is 2. The highest BCUT2D eigenvalue weighted by molar-refractivity contribution is 14.1. The molecule has 0 radical (unpaired) electrons. The van der Waals surface area contributed by atoms with E-state index in [0.717, 1.165) is 8.04 Å². The van der Waals surface area contributed by atoms with Crippen LogP contribution in [0.4, 0.5) is 0 Å². The molecule has 0 aliphatic heterocycles. The lowest BCUT2D eigenvalue weighted by molar-refractivity contribution is 0.0954. The number of carbonyl (C=O) groups excluding carboxylic acids is 1. The molecule has 0 saturated carbocycles. The number of amides is 1. The maximum absolute atomic E-state index is 12.0. The summed E-state index contributed by atoms with van der Waals surface area (Å²) in [6.45, 7) is 0. The average molecular weight is 475 g/mol. The number of ether oxygens (including phenoxy) is 1. The number of phenolic OH excluding ortho intramolecular Hbond substituents is 1. The highest BCUT2D eigenvalue weighted by atomic mass is 127. The first-order valence-electron chi connectivity index (χ1n) is 6.16. The minimum atomic E-state index is -0.361. The first kappa shape index (κ1) is 16.8. The molecule has 5 nitrogen and oxygen atoms in total. The Balaban J connectivity index is 2.09. The van der Waals surface area contributed by atoms with Gasteiger partial charge in [-0.25, -0.2) is 5.43 Å². The third-order valence-electron chi connectivity index (χ3n) is 2.77. The molecule has 0 aliphatic carbocycles. The molecule has 22 heavy (non-hydrogen) atoms. The van der Waals surface area contributed by atoms with Gasteiger partial charge in [0.2, 0.25) is 0 Å². The molecule has 1 amide bonds. The lowest BCUT2D eigenvalue weighted by Crippen LogP contribution is -2.17. The van der Waals surface area contributed by atoms with Crippen LogP contribution in [0.15, 0.2) is 46.0 Å². The van der Waals surface area contributed by atoms with Crippen molar-refractivity contribution in [2.75, 3.05) is 7.11 Å². The fourth-order valence-electron chi connectivity index (χ4n) is 1.65. The number of rotatable bonds is 4. The van der Waals surface area contributed by atoms with Gasteiger partial charge >= 0.3 is 0 Å². The van der Waals surface area contributed by atoms with Gasteiger partial charge in [0.05, 0.1) is 16.9 Å². The van der Waals surface area contributed by atoms with Crippen LogP contribution in [0.3, 0.4) is 0 Å². The summed E-state index contributed by atoms with van der Waals surface area (Å²) < 4.78 is 6.90. The van der Waals surface area contributed by atoms with Gasteiger partial charge in [-0.1, -0.05) is 15.9 Å². The number of halogens is 2. The van der Waals surface area contributed by atoms with E-state index in [-0.39, 0.29) is 11.7 Å². The number of phenols is 1. The predicted octanol–water partition coefficient (Wildman–Crippen LogP) is 3.53. The van der Waals surface area contributed by atoms with Crippen LogP contribution in [0.25, 0.3) is 0 Å². The summed E-state index contributed by atoms with van der Waals surface area (Å²) in [7, 11) is 1.55. The topological polar surface area (TPSA) is 70.9 Å². The Bertz CT molecular complexity index is 735. The minimum Gasteiger partial charge on any atom is -0.507 e. The lowest BCUT2D eigenvalue weighted by atomic mass is 10.2. The van der Waals surface area contributed by atoms with Crippen molar-refractivity contribution in [3.8, 4) is 11.5 Å². The van der Waals surface area contributed by atoms with Gasteiger partial charge in [0.25, 0.3) is 5.91 Å². The Morgan fingerprint density at radius 1 is 1.36 bits per heavy atom. The summed E-state index contributed by atoms with van der Waals surface area (Å²) >= 11 is 5.43. The lowest BCUT2D eigenvalue weighted by Gasteiger charge is -2.05. The first-order valence-corrected chi connectivity index (χ1v) is 8.04. The van der Waals surface area contributed by atoms with Crippen molar-refractivity contribution in [3.63, 3.8) is 0 Å². The second-order valence-corrected chi connectivity index (χ2v) is 6.33. The Labute approximate surface area is 149 Å². The molecule has 0 aliphatic rings. The Morgan fingerprint density at radius 2 is 2.14 bits per heavy atom. The zero-order chi connectivity index (χ0) is 16.1. The normalized spacial score (nSPS) is 10.7. The first-order chi connectivity index (χ1) is 10.5. The molecule has 0 heterocycles. The molecule has 2 aromatic rings. The number of hydrazone groups is 1. The van der Waals surface area contributed by atoms with E-state index in [9.17, 15) is 9.90 Å². The molecular weight excluding hydrogens is 463 g/mol. The molecule has 2 rings (SSSR count). The Morgan fingerprint density at radius 3 is 2.86 bits per heavy atom. The van der Waals surface area contributed by atoms with Crippen molar-refractivity contribution in [3.05, 3.63) is 55.6 Å². The molecule has 0 bridgehead atoms. The summed E-state index contributed by atoms with van der Waals surface area (Å²) in [6.07, 6.45) is 1.38. The average Bonchev–Trinajstić information content (AvgIpc) is 2.51. The number of hydrogen-bond acceptors (Lipinski definition) is 4. The van der Waals surface area contributed by atoms with Crippen molar-refractivity contribution >= 4 is 50.6 Å². The zero-order valence-corrected chi connectivity index (χ0v) is 15.3. The summed E-state index contributed by atoms with van der Waals surface area (Å²) in [4.78, 5) is 12.0. The number of carbonyl (C=O) groups is 1. The molecule has 0 spiro atoms. The number of hydrogen-bond donors (Lipinski definition) is 2. The highest BCUT2D eigenvalue weighted by Gasteiger charge is 2.08. The van der Waals surface area contributed by atoms with Crippen molar-refractivity contribution in [1.82, 2.24) is 5.43 Å². The second kappa shape index (κ2) is 7.59. The third kappa shape index (κ3) is 4.20. The molecule has 2 aromatic carbocycles. The zero-order valence-electron chi connectivity index (χ0n) is 11.5. The molecule has 7 heteroatoms. The molecule has 0 atom stereocenters.